The molecule has 0 aromatic heterocycles. The van der Waals surface area contributed by atoms with Crippen LogP contribution in [0.5, 0.6) is 0 Å². The van der Waals surface area contributed by atoms with Crippen molar-refractivity contribution in [1.29, 1.82) is 0 Å². The Kier molecular flexibility index (Phi) is 11.4. The second-order valence-corrected chi connectivity index (χ2v) is 8.22. The largest absolute Gasteiger partial charge is 0.463 e. The van der Waals surface area contributed by atoms with Crippen LogP contribution in [0.1, 0.15) is 45.1 Å². The molecule has 2 rings (SSSR count). The average Bonchev–Trinajstić information content (AvgIpc) is 2.86. The number of carbonyl (C=O) groups is 3. The number of benzene rings is 1. The van der Waals surface area contributed by atoms with E-state index in [0.29, 0.717) is 31.6 Å². The number of ether oxygens (including phenoxy) is 3. The first-order valence-electron chi connectivity index (χ1n) is 11.4. The molecule has 0 radical (unpaired) electrons. The van der Waals surface area contributed by atoms with Gasteiger partial charge in [-0.1, -0.05) is 35.5 Å². The molecule has 11 heteroatoms. The van der Waals surface area contributed by atoms with Crippen molar-refractivity contribution in [3.63, 3.8) is 0 Å². The minimum atomic E-state index is -1.08. The topological polar surface area (TPSA) is 139 Å². The van der Waals surface area contributed by atoms with Gasteiger partial charge in [-0.2, -0.15) is 0 Å². The number of alkyl halides is 1. The van der Waals surface area contributed by atoms with Gasteiger partial charge in [0.2, 0.25) is 5.76 Å². The van der Waals surface area contributed by atoms with Crippen LogP contribution in [-0.4, -0.2) is 48.5 Å². The summed E-state index contributed by atoms with van der Waals surface area (Å²) in [7, 11) is 0. The summed E-state index contributed by atoms with van der Waals surface area (Å²) in [6, 6.07) is 9.24. The van der Waals surface area contributed by atoms with Gasteiger partial charge in [-0.3, -0.25) is 0 Å². The van der Waals surface area contributed by atoms with Crippen molar-refractivity contribution < 1.29 is 33.4 Å². The van der Waals surface area contributed by atoms with Gasteiger partial charge >= 0.3 is 18.0 Å². The molecule has 1 saturated carbocycles. The number of oxime groups is 1. The van der Waals surface area contributed by atoms with Gasteiger partial charge in [0.1, 0.15) is 12.1 Å². The van der Waals surface area contributed by atoms with Gasteiger partial charge in [0.15, 0.2) is 5.84 Å². The van der Waals surface area contributed by atoms with E-state index < -0.39 is 29.3 Å². The molecule has 0 bridgehead atoms. The molecule has 10 nitrogen and oxygen atoms in total. The van der Waals surface area contributed by atoms with Crippen LogP contribution in [0.3, 0.4) is 0 Å². The van der Waals surface area contributed by atoms with E-state index in [-0.39, 0.29) is 31.6 Å². The van der Waals surface area contributed by atoms with Crippen molar-refractivity contribution >= 4 is 35.5 Å². The number of nitrogens with zero attached hydrogens (tertiary/aromatic N) is 1. The van der Waals surface area contributed by atoms with E-state index in [1.165, 1.54) is 0 Å². The minimum Gasteiger partial charge on any atom is -0.463 e. The van der Waals surface area contributed by atoms with Crippen molar-refractivity contribution in [1.82, 2.24) is 5.32 Å². The van der Waals surface area contributed by atoms with E-state index in [9.17, 15) is 14.4 Å². The molecule has 0 atom stereocenters. The number of carbonyl (C=O) groups excluding carboxylic acids is 3. The van der Waals surface area contributed by atoms with E-state index in [1.54, 1.807) is 13.8 Å². The maximum Gasteiger partial charge on any atom is 0.408 e. The van der Waals surface area contributed by atoms with Crippen LogP contribution in [0.25, 0.3) is 0 Å². The number of hydrogen-bond donors (Lipinski definition) is 2. The molecule has 0 unspecified atom stereocenters. The molecule has 1 aromatic carbocycles. The third kappa shape index (κ3) is 8.79. The first-order chi connectivity index (χ1) is 16.8. The van der Waals surface area contributed by atoms with Gasteiger partial charge in [0.05, 0.1) is 19.3 Å². The zero-order valence-electron chi connectivity index (χ0n) is 20.0. The average molecular weight is 510 g/mol. The van der Waals surface area contributed by atoms with Crippen LogP contribution in [0.2, 0.25) is 0 Å². The highest BCUT2D eigenvalue weighted by Gasteiger charge is 2.41. The van der Waals surface area contributed by atoms with Crippen LogP contribution in [-0.2, 0) is 35.2 Å². The van der Waals surface area contributed by atoms with E-state index in [0.717, 1.165) is 11.6 Å². The van der Waals surface area contributed by atoms with Gasteiger partial charge in [-0.25, -0.2) is 14.4 Å². The highest BCUT2D eigenvalue weighted by molar-refractivity contribution is 6.18. The Labute approximate surface area is 209 Å². The molecule has 1 aliphatic carbocycles. The normalized spacial score (nSPS) is 20.5. The Hall–Kier alpha value is -3.27. The predicted molar refractivity (Wildman–Crippen MR) is 129 cm³/mol. The Morgan fingerprint density at radius 3 is 2.37 bits per heavy atom. The van der Waals surface area contributed by atoms with Gasteiger partial charge in [-0.15, -0.1) is 11.6 Å². The zero-order chi connectivity index (χ0) is 25.7. The van der Waals surface area contributed by atoms with Crippen molar-refractivity contribution in [2.24, 2.45) is 16.8 Å². The molecule has 1 amide bonds. The Morgan fingerprint density at radius 2 is 1.77 bits per heavy atom. The first kappa shape index (κ1) is 28.0. The Bertz CT molecular complexity index is 913. The number of esters is 2. The molecular formula is C24H32ClN3O7. The standard InChI is InChI=1S/C24H32ClN3O7/c1-3-32-20(29)14-19(21(30)33-4-2)35-28-22(26)24(12-10-17(15-25)11-13-24)27-23(31)34-16-18-8-6-5-7-9-18/h5-9,14,17H,3-4,10-13,15-16H2,1-2H3,(H2,26,28)(H,27,31)/b19-14+. The number of nitrogens with two attached hydrogens (primary N) is 1. The molecule has 0 spiro atoms. The van der Waals surface area contributed by atoms with Crippen molar-refractivity contribution in [2.45, 2.75) is 51.7 Å². The highest BCUT2D eigenvalue weighted by atomic mass is 35.5. The maximum absolute atomic E-state index is 12.6. The molecule has 0 saturated heterocycles. The fourth-order valence-electron chi connectivity index (χ4n) is 3.53. The van der Waals surface area contributed by atoms with Crippen LogP contribution in [0, 0.1) is 5.92 Å². The van der Waals surface area contributed by atoms with Crippen molar-refractivity contribution in [3.05, 3.63) is 47.7 Å². The third-order valence-corrected chi connectivity index (χ3v) is 5.91. The molecule has 192 valence electrons. The van der Waals surface area contributed by atoms with E-state index in [4.69, 9.17) is 36.4 Å². The molecule has 0 aliphatic heterocycles. The van der Waals surface area contributed by atoms with E-state index in [1.807, 2.05) is 30.3 Å². The fraction of sp³-hybridized carbons (Fsp3) is 0.500. The Morgan fingerprint density at radius 1 is 1.11 bits per heavy atom. The lowest BCUT2D eigenvalue weighted by Crippen LogP contribution is -2.59. The smallest absolute Gasteiger partial charge is 0.408 e. The van der Waals surface area contributed by atoms with Gasteiger partial charge in [-0.05, 0) is 51.0 Å². The number of amidine groups is 1. The number of amides is 1. The van der Waals surface area contributed by atoms with Crippen molar-refractivity contribution in [2.75, 3.05) is 19.1 Å². The summed E-state index contributed by atoms with van der Waals surface area (Å²) in [5, 5.41) is 6.69. The molecule has 1 aliphatic rings. The summed E-state index contributed by atoms with van der Waals surface area (Å²) < 4.78 is 15.1. The second kappa shape index (κ2) is 14.2. The predicted octanol–water partition coefficient (Wildman–Crippen LogP) is 3.38. The molecular weight excluding hydrogens is 478 g/mol. The lowest BCUT2D eigenvalue weighted by atomic mass is 9.76. The summed E-state index contributed by atoms with van der Waals surface area (Å²) in [5.41, 5.74) is 6.01. The lowest BCUT2D eigenvalue weighted by Gasteiger charge is -2.39. The summed E-state index contributed by atoms with van der Waals surface area (Å²) >= 11 is 6.02. The number of alkyl carbamates (subject to hydrolysis) is 1. The fourth-order valence-corrected chi connectivity index (χ4v) is 3.83. The summed E-state index contributed by atoms with van der Waals surface area (Å²) in [6.07, 6.45) is 2.38. The third-order valence-electron chi connectivity index (χ3n) is 5.48. The molecule has 1 fully saturated rings. The van der Waals surface area contributed by atoms with E-state index in [2.05, 4.69) is 10.5 Å². The van der Waals surface area contributed by atoms with E-state index >= 15 is 0 Å². The summed E-state index contributed by atoms with van der Waals surface area (Å²) in [4.78, 5) is 41.9. The SMILES string of the molecule is CCOC(=O)/C=C(/ON=C(N)C1(NC(=O)OCc2ccccc2)CCC(CCl)CC1)C(=O)OCC. The summed E-state index contributed by atoms with van der Waals surface area (Å²) in [6.45, 7) is 3.47. The first-order valence-corrected chi connectivity index (χ1v) is 12.0. The van der Waals surface area contributed by atoms with Crippen LogP contribution >= 0.6 is 11.6 Å². The van der Waals surface area contributed by atoms with Gasteiger partial charge in [0, 0.05) is 5.88 Å². The molecule has 35 heavy (non-hydrogen) atoms. The number of halogens is 1. The number of hydrogen-bond acceptors (Lipinski definition) is 8. The number of nitrogens with one attached hydrogen (secondary N) is 1. The Balaban J connectivity index is 2.19. The maximum atomic E-state index is 12.6. The highest BCUT2D eigenvalue weighted by Crippen LogP contribution is 2.33. The van der Waals surface area contributed by atoms with Crippen LogP contribution in [0.4, 0.5) is 4.79 Å². The van der Waals surface area contributed by atoms with Crippen LogP contribution in [0.15, 0.2) is 47.3 Å². The number of rotatable bonds is 11. The quantitative estimate of drug-likeness (QED) is 0.0676. The molecule has 1 aromatic rings. The zero-order valence-corrected chi connectivity index (χ0v) is 20.7. The molecule has 3 N–H and O–H groups in total. The minimum absolute atomic E-state index is 0.0557. The molecule has 0 heterocycles. The van der Waals surface area contributed by atoms with Gasteiger partial charge in [0.25, 0.3) is 0 Å². The van der Waals surface area contributed by atoms with Crippen LogP contribution < -0.4 is 11.1 Å². The second-order valence-electron chi connectivity index (χ2n) is 7.92. The summed E-state index contributed by atoms with van der Waals surface area (Å²) in [5.74, 6) is -1.54. The lowest BCUT2D eigenvalue weighted by molar-refractivity contribution is -0.144. The van der Waals surface area contributed by atoms with Gasteiger partial charge < -0.3 is 30.1 Å². The monoisotopic (exact) mass is 509 g/mol. The van der Waals surface area contributed by atoms with Crippen molar-refractivity contribution in [3.8, 4) is 0 Å².